The van der Waals surface area contributed by atoms with Crippen molar-refractivity contribution in [3.05, 3.63) is 36.4 Å². The Bertz CT molecular complexity index is 1260. The number of thioether (sulfide) groups is 2. The van der Waals surface area contributed by atoms with Gasteiger partial charge >= 0.3 is 0 Å². The molecule has 4 rings (SSSR count). The Balaban J connectivity index is 1.84. The van der Waals surface area contributed by atoms with Crippen LogP contribution in [-0.2, 0) is 0 Å². The van der Waals surface area contributed by atoms with Crippen LogP contribution in [0.3, 0.4) is 0 Å². The monoisotopic (exact) mass is 524 g/mol. The minimum atomic E-state index is -0.208. The molecule has 0 saturated heterocycles. The zero-order valence-corrected chi connectivity index (χ0v) is 22.8. The number of benzene rings is 4. The Morgan fingerprint density at radius 1 is 0.444 bits per heavy atom. The van der Waals surface area contributed by atoms with Crippen molar-refractivity contribution in [1.29, 1.82) is 0 Å². The van der Waals surface area contributed by atoms with Gasteiger partial charge in [0.1, 0.15) is 11.5 Å². The first-order valence-corrected chi connectivity index (χ1v) is 15.0. The van der Waals surface area contributed by atoms with Crippen LogP contribution in [0.15, 0.2) is 46.2 Å². The first kappa shape index (κ1) is 26.6. The van der Waals surface area contributed by atoms with Gasteiger partial charge in [-0.15, -0.1) is 23.5 Å². The summed E-state index contributed by atoms with van der Waals surface area (Å²) in [5, 5.41) is 47.2. The van der Waals surface area contributed by atoms with Gasteiger partial charge in [0.15, 0.2) is 11.5 Å². The second-order valence-electron chi connectivity index (χ2n) is 9.44. The maximum atomic E-state index is 10.9. The summed E-state index contributed by atoms with van der Waals surface area (Å²) >= 11 is 3.33. The predicted molar refractivity (Wildman–Crippen MR) is 155 cm³/mol. The number of phenolic OH excluding ortho intramolecular Hbond substituents is 4. The van der Waals surface area contributed by atoms with Crippen molar-refractivity contribution in [2.24, 2.45) is 0 Å². The summed E-state index contributed by atoms with van der Waals surface area (Å²) in [5.41, 5.74) is 0. The molecule has 6 heteroatoms. The van der Waals surface area contributed by atoms with Gasteiger partial charge in [0.2, 0.25) is 0 Å². The fourth-order valence-corrected chi connectivity index (χ4v) is 6.66. The second-order valence-corrected chi connectivity index (χ2v) is 11.7. The highest BCUT2D eigenvalue weighted by Gasteiger charge is 2.17. The van der Waals surface area contributed by atoms with Gasteiger partial charge in [0, 0.05) is 9.79 Å². The van der Waals surface area contributed by atoms with Crippen molar-refractivity contribution >= 4 is 55.8 Å². The average Bonchev–Trinajstić information content (AvgIpc) is 2.86. The topological polar surface area (TPSA) is 80.9 Å². The van der Waals surface area contributed by atoms with Gasteiger partial charge in [-0.3, -0.25) is 0 Å². The molecule has 4 aromatic carbocycles. The summed E-state index contributed by atoms with van der Waals surface area (Å²) < 4.78 is 0. The fourth-order valence-electron chi connectivity index (χ4n) is 4.70. The molecule has 0 bridgehead atoms. The quantitative estimate of drug-likeness (QED) is 0.0640. The Morgan fingerprint density at radius 3 is 1.14 bits per heavy atom. The number of hydrogen-bond acceptors (Lipinski definition) is 6. The smallest absolute Gasteiger partial charge is 0.158 e. The molecule has 36 heavy (non-hydrogen) atoms. The lowest BCUT2D eigenvalue weighted by Gasteiger charge is -2.16. The van der Waals surface area contributed by atoms with Gasteiger partial charge in [-0.05, 0) is 93.1 Å². The molecule has 0 fully saturated rings. The van der Waals surface area contributed by atoms with Crippen LogP contribution in [0.5, 0.6) is 23.0 Å². The molecule has 4 N–H and O–H groups in total. The van der Waals surface area contributed by atoms with Gasteiger partial charge < -0.3 is 20.4 Å². The Labute approximate surface area is 221 Å². The maximum Gasteiger partial charge on any atom is 0.158 e. The van der Waals surface area contributed by atoms with E-state index in [0.29, 0.717) is 0 Å². The maximum absolute atomic E-state index is 10.9. The largest absolute Gasteiger partial charge is 0.507 e. The average molecular weight is 525 g/mol. The first-order valence-electron chi connectivity index (χ1n) is 13.0. The number of unbranched alkanes of at least 4 members (excludes halogenated alkanes) is 6. The number of hydrogen-bond donors (Lipinski definition) is 4. The molecule has 0 aliphatic heterocycles. The van der Waals surface area contributed by atoms with Crippen LogP contribution in [0.1, 0.15) is 65.2 Å². The van der Waals surface area contributed by atoms with E-state index in [0.717, 1.165) is 66.5 Å². The molecule has 0 aromatic heterocycles. The summed E-state index contributed by atoms with van der Waals surface area (Å²) in [6, 6.07) is 10.7. The van der Waals surface area contributed by atoms with Crippen molar-refractivity contribution in [1.82, 2.24) is 0 Å². The third kappa shape index (κ3) is 5.76. The van der Waals surface area contributed by atoms with Crippen molar-refractivity contribution < 1.29 is 20.4 Å². The highest BCUT2D eigenvalue weighted by Crippen LogP contribution is 2.46. The molecule has 0 unspecified atom stereocenters. The third-order valence-electron chi connectivity index (χ3n) is 6.69. The molecule has 0 amide bonds. The normalized spacial score (nSPS) is 11.7. The molecule has 0 atom stereocenters. The molecule has 0 aliphatic rings. The molecule has 0 saturated carbocycles. The van der Waals surface area contributed by atoms with Crippen LogP contribution < -0.4 is 0 Å². The van der Waals surface area contributed by atoms with E-state index in [-0.39, 0.29) is 23.0 Å². The molecule has 0 heterocycles. The molecule has 4 nitrogen and oxygen atoms in total. The zero-order chi connectivity index (χ0) is 25.7. The van der Waals surface area contributed by atoms with E-state index in [1.54, 1.807) is 35.7 Å². The number of phenols is 4. The van der Waals surface area contributed by atoms with Gasteiger partial charge in [-0.2, -0.15) is 0 Å². The van der Waals surface area contributed by atoms with Crippen LogP contribution in [-0.4, -0.2) is 31.9 Å². The summed E-state index contributed by atoms with van der Waals surface area (Å²) in [6.07, 6.45) is 9.42. The minimum Gasteiger partial charge on any atom is -0.507 e. The van der Waals surface area contributed by atoms with Crippen molar-refractivity contribution in [2.45, 2.75) is 75.0 Å². The Hall–Kier alpha value is -2.44. The SMILES string of the molecule is CCCCCCSc1cc2c(cc1O)c1cc(O)c(O)cc1c1cc(O)c(SCCCCCC)cc12. The third-order valence-corrected chi connectivity index (χ3v) is 8.96. The lowest BCUT2D eigenvalue weighted by molar-refractivity contribution is 0.405. The highest BCUT2D eigenvalue weighted by atomic mass is 32.2. The molecule has 192 valence electrons. The summed E-state index contributed by atoms with van der Waals surface area (Å²) in [4.78, 5) is 1.67. The lowest BCUT2D eigenvalue weighted by atomic mass is 9.93. The molecule has 0 spiro atoms. The standard InChI is InChI=1S/C30H36O4S2/c1-3-5-7-9-11-35-29-17-23-21(15-27(29)33)19-13-25(31)26(32)14-20(19)22-16-28(34)30(18-24(22)23)36-12-10-8-6-4-2/h13-18,31-34H,3-12H2,1-2H3. The van der Waals surface area contributed by atoms with E-state index >= 15 is 0 Å². The number of rotatable bonds is 12. The minimum absolute atomic E-state index is 0.208. The first-order chi connectivity index (χ1) is 17.4. The summed E-state index contributed by atoms with van der Waals surface area (Å²) in [5.74, 6) is 1.92. The number of aromatic hydroxyl groups is 4. The van der Waals surface area contributed by atoms with E-state index in [4.69, 9.17) is 0 Å². The lowest BCUT2D eigenvalue weighted by Crippen LogP contribution is -1.89. The van der Waals surface area contributed by atoms with Gasteiger partial charge in [-0.25, -0.2) is 0 Å². The highest BCUT2D eigenvalue weighted by molar-refractivity contribution is 7.99. The Morgan fingerprint density at radius 2 is 0.778 bits per heavy atom. The number of fused-ring (bicyclic) bond motifs is 6. The molecular weight excluding hydrogens is 488 g/mol. The molecule has 4 aromatic rings. The molecular formula is C30H36O4S2. The van der Waals surface area contributed by atoms with Crippen molar-refractivity contribution in [2.75, 3.05) is 11.5 Å². The van der Waals surface area contributed by atoms with E-state index in [1.807, 2.05) is 12.1 Å². The summed E-state index contributed by atoms with van der Waals surface area (Å²) in [7, 11) is 0. The van der Waals surface area contributed by atoms with Crippen LogP contribution in [0, 0.1) is 0 Å². The van der Waals surface area contributed by atoms with Crippen LogP contribution >= 0.6 is 23.5 Å². The van der Waals surface area contributed by atoms with Crippen LogP contribution in [0.2, 0.25) is 0 Å². The van der Waals surface area contributed by atoms with Crippen LogP contribution in [0.25, 0.3) is 32.3 Å². The van der Waals surface area contributed by atoms with Gasteiger partial charge in [0.05, 0.1) is 0 Å². The molecule has 0 aliphatic carbocycles. The van der Waals surface area contributed by atoms with Crippen LogP contribution in [0.4, 0.5) is 0 Å². The van der Waals surface area contributed by atoms with Crippen molar-refractivity contribution in [3.8, 4) is 23.0 Å². The second kappa shape index (κ2) is 12.2. The van der Waals surface area contributed by atoms with E-state index in [2.05, 4.69) is 13.8 Å². The van der Waals surface area contributed by atoms with E-state index in [1.165, 1.54) is 50.7 Å². The Kier molecular flexibility index (Phi) is 9.02. The van der Waals surface area contributed by atoms with E-state index in [9.17, 15) is 20.4 Å². The zero-order valence-electron chi connectivity index (χ0n) is 21.1. The van der Waals surface area contributed by atoms with E-state index < -0.39 is 0 Å². The van der Waals surface area contributed by atoms with Crippen molar-refractivity contribution in [3.63, 3.8) is 0 Å². The summed E-state index contributed by atoms with van der Waals surface area (Å²) in [6.45, 7) is 4.40. The van der Waals surface area contributed by atoms with Gasteiger partial charge in [0.25, 0.3) is 0 Å². The fraction of sp³-hybridized carbons (Fsp3) is 0.400. The molecule has 0 radical (unpaired) electrons. The van der Waals surface area contributed by atoms with Gasteiger partial charge in [-0.1, -0.05) is 52.4 Å². The predicted octanol–water partition coefficient (Wildman–Crippen LogP) is 9.31.